The van der Waals surface area contributed by atoms with Gasteiger partial charge in [-0.25, -0.2) is 0 Å². The summed E-state index contributed by atoms with van der Waals surface area (Å²) in [6, 6.07) is 5.45. The van der Waals surface area contributed by atoms with Crippen LogP contribution in [0.4, 0.5) is 13.2 Å². The van der Waals surface area contributed by atoms with Crippen LogP contribution in [0.15, 0.2) is 18.2 Å². The van der Waals surface area contributed by atoms with Gasteiger partial charge in [0.1, 0.15) is 5.75 Å². The van der Waals surface area contributed by atoms with E-state index in [4.69, 9.17) is 0 Å². The molecule has 3 atom stereocenters. The normalized spacial score (nSPS) is 33.8. The number of hydrogen-bond acceptors (Lipinski definition) is 2. The van der Waals surface area contributed by atoms with Crippen LogP contribution in [0.2, 0.25) is 0 Å². The number of hydrogen-bond donors (Lipinski definition) is 1. The van der Waals surface area contributed by atoms with Crippen molar-refractivity contribution >= 4 is 0 Å². The lowest BCUT2D eigenvalue weighted by atomic mass is 9.53. The van der Waals surface area contributed by atoms with Gasteiger partial charge in [0.25, 0.3) is 0 Å². The molecule has 5 heteroatoms. The van der Waals surface area contributed by atoms with E-state index in [2.05, 4.69) is 10.1 Å². The molecular weight excluding hydrogens is 291 g/mol. The van der Waals surface area contributed by atoms with Crippen molar-refractivity contribution in [3.8, 4) is 5.75 Å². The van der Waals surface area contributed by atoms with Crippen LogP contribution in [0.1, 0.15) is 43.2 Å². The van der Waals surface area contributed by atoms with E-state index in [1.807, 2.05) is 6.07 Å². The average molecular weight is 311 g/mol. The molecule has 2 bridgehead atoms. The first kappa shape index (κ1) is 14.4. The minimum absolute atomic E-state index is 0.0622. The van der Waals surface area contributed by atoms with Crippen LogP contribution in [0.3, 0.4) is 0 Å². The Balaban J connectivity index is 1.78. The number of piperidine rings is 1. The molecule has 0 aromatic heterocycles. The van der Waals surface area contributed by atoms with Crippen LogP contribution < -0.4 is 10.1 Å². The van der Waals surface area contributed by atoms with Crippen LogP contribution in [0.25, 0.3) is 0 Å². The molecule has 0 amide bonds. The molecule has 2 aliphatic carbocycles. The van der Waals surface area contributed by atoms with Gasteiger partial charge >= 0.3 is 6.36 Å². The van der Waals surface area contributed by atoms with Crippen LogP contribution in [0, 0.1) is 5.92 Å². The molecule has 1 aromatic rings. The van der Waals surface area contributed by atoms with Crippen molar-refractivity contribution in [1.29, 1.82) is 0 Å². The summed E-state index contributed by atoms with van der Waals surface area (Å²) in [6.07, 6.45) is 2.01. The molecule has 1 heterocycles. The minimum Gasteiger partial charge on any atom is -0.406 e. The zero-order valence-electron chi connectivity index (χ0n) is 12.4. The molecule has 4 rings (SSSR count). The predicted molar refractivity (Wildman–Crippen MR) is 76.9 cm³/mol. The van der Waals surface area contributed by atoms with Crippen molar-refractivity contribution in [1.82, 2.24) is 5.32 Å². The van der Waals surface area contributed by atoms with Gasteiger partial charge in [0.05, 0.1) is 0 Å². The number of benzene rings is 1. The Morgan fingerprint density at radius 3 is 2.86 bits per heavy atom. The number of ether oxygens (including phenoxy) is 1. The van der Waals surface area contributed by atoms with Crippen molar-refractivity contribution in [2.24, 2.45) is 5.92 Å². The highest BCUT2D eigenvalue weighted by Crippen LogP contribution is 2.54. The molecule has 2 nitrogen and oxygen atoms in total. The van der Waals surface area contributed by atoms with E-state index in [0.717, 1.165) is 31.4 Å². The van der Waals surface area contributed by atoms with Crippen molar-refractivity contribution in [2.45, 2.75) is 56.3 Å². The quantitative estimate of drug-likeness (QED) is 0.848. The van der Waals surface area contributed by atoms with Crippen LogP contribution >= 0.6 is 0 Å². The fourth-order valence-corrected chi connectivity index (χ4v) is 5.10. The van der Waals surface area contributed by atoms with Crippen molar-refractivity contribution < 1.29 is 17.9 Å². The number of rotatable bonds is 1. The van der Waals surface area contributed by atoms with Crippen molar-refractivity contribution in [2.75, 3.05) is 6.54 Å². The first-order valence-corrected chi connectivity index (χ1v) is 8.10. The maximum atomic E-state index is 12.5. The van der Waals surface area contributed by atoms with Crippen LogP contribution in [0.5, 0.6) is 5.75 Å². The van der Waals surface area contributed by atoms with E-state index < -0.39 is 6.36 Å². The third-order valence-corrected chi connectivity index (χ3v) is 5.85. The molecular formula is C17H20F3NO. The highest BCUT2D eigenvalue weighted by molar-refractivity contribution is 5.45. The minimum atomic E-state index is -4.62. The molecule has 1 aliphatic heterocycles. The second-order valence-electron chi connectivity index (χ2n) is 6.89. The molecule has 3 aliphatic rings. The lowest BCUT2D eigenvalue weighted by Crippen LogP contribution is -2.59. The molecule has 1 saturated carbocycles. The maximum absolute atomic E-state index is 12.5. The first-order chi connectivity index (χ1) is 10.5. The number of fused-ring (bicyclic) bond motifs is 1. The number of alkyl halides is 3. The predicted octanol–water partition coefficient (Wildman–Crippen LogP) is 3.93. The lowest BCUT2D eigenvalue weighted by molar-refractivity contribution is -0.274. The zero-order chi connectivity index (χ0) is 15.4. The molecule has 22 heavy (non-hydrogen) atoms. The van der Waals surface area contributed by atoms with Gasteiger partial charge in [0.15, 0.2) is 0 Å². The SMILES string of the molecule is FC(F)(F)Oc1ccc2c(c1)C13CCCCC1C(C2)NCC3. The van der Waals surface area contributed by atoms with Gasteiger partial charge in [0.2, 0.25) is 0 Å². The molecule has 1 saturated heterocycles. The first-order valence-electron chi connectivity index (χ1n) is 8.10. The summed E-state index contributed by atoms with van der Waals surface area (Å²) in [7, 11) is 0. The number of halogens is 3. The summed E-state index contributed by atoms with van der Waals surface area (Å²) in [5.74, 6) is 0.491. The molecule has 3 unspecified atom stereocenters. The molecule has 1 N–H and O–H groups in total. The van der Waals surface area contributed by atoms with Gasteiger partial charge in [0, 0.05) is 11.5 Å². The summed E-state index contributed by atoms with van der Waals surface area (Å²) >= 11 is 0. The maximum Gasteiger partial charge on any atom is 0.573 e. The van der Waals surface area contributed by atoms with Crippen LogP contribution in [-0.4, -0.2) is 18.9 Å². The van der Waals surface area contributed by atoms with E-state index in [0.29, 0.717) is 12.0 Å². The zero-order valence-corrected chi connectivity index (χ0v) is 12.4. The van der Waals surface area contributed by atoms with Crippen molar-refractivity contribution in [3.05, 3.63) is 29.3 Å². The molecule has 0 radical (unpaired) electrons. The Morgan fingerprint density at radius 2 is 2.05 bits per heavy atom. The second kappa shape index (κ2) is 4.88. The topological polar surface area (TPSA) is 21.3 Å². The van der Waals surface area contributed by atoms with E-state index in [1.54, 1.807) is 6.07 Å². The lowest BCUT2D eigenvalue weighted by Gasteiger charge is -2.56. The Bertz CT molecular complexity index is 582. The summed E-state index contributed by atoms with van der Waals surface area (Å²) in [5, 5.41) is 3.63. The van der Waals surface area contributed by atoms with E-state index in [1.165, 1.54) is 30.9 Å². The Kier molecular flexibility index (Phi) is 3.19. The smallest absolute Gasteiger partial charge is 0.406 e. The average Bonchev–Trinajstić information content (AvgIpc) is 2.46. The van der Waals surface area contributed by atoms with Gasteiger partial charge in [-0.15, -0.1) is 13.2 Å². The van der Waals surface area contributed by atoms with Crippen LogP contribution in [-0.2, 0) is 11.8 Å². The third-order valence-electron chi connectivity index (χ3n) is 5.85. The fourth-order valence-electron chi connectivity index (χ4n) is 5.10. The van der Waals surface area contributed by atoms with Gasteiger partial charge in [-0.2, -0.15) is 0 Å². The third kappa shape index (κ3) is 2.21. The fraction of sp³-hybridized carbons (Fsp3) is 0.647. The van der Waals surface area contributed by atoms with Gasteiger partial charge in [-0.05, 0) is 61.4 Å². The Labute approximate surface area is 128 Å². The number of nitrogens with one attached hydrogen (secondary N) is 1. The Hall–Kier alpha value is -1.23. The summed E-state index contributed by atoms with van der Waals surface area (Å²) < 4.78 is 41.7. The van der Waals surface area contributed by atoms with E-state index in [-0.39, 0.29) is 11.2 Å². The van der Waals surface area contributed by atoms with E-state index in [9.17, 15) is 13.2 Å². The summed E-state index contributed by atoms with van der Waals surface area (Å²) in [5.41, 5.74) is 2.38. The highest BCUT2D eigenvalue weighted by atomic mass is 19.4. The monoisotopic (exact) mass is 311 g/mol. The van der Waals surface area contributed by atoms with Gasteiger partial charge in [-0.3, -0.25) is 0 Å². The Morgan fingerprint density at radius 1 is 1.18 bits per heavy atom. The summed E-state index contributed by atoms with van der Waals surface area (Å²) in [6.45, 7) is 0.963. The van der Waals surface area contributed by atoms with Crippen molar-refractivity contribution in [3.63, 3.8) is 0 Å². The molecule has 1 aromatic carbocycles. The summed E-state index contributed by atoms with van der Waals surface area (Å²) in [4.78, 5) is 0. The second-order valence-corrected chi connectivity index (χ2v) is 6.89. The largest absolute Gasteiger partial charge is 0.573 e. The highest BCUT2D eigenvalue weighted by Gasteiger charge is 2.51. The molecule has 0 spiro atoms. The molecule has 2 fully saturated rings. The van der Waals surface area contributed by atoms with E-state index >= 15 is 0 Å². The standard InChI is InChI=1S/C17H20F3NO/c18-17(19,20)22-12-5-4-11-9-15-13-3-1-2-6-16(13,7-8-21-15)14(11)10-12/h4-5,10,13,15,21H,1-3,6-9H2. The molecule has 120 valence electrons. The van der Waals surface area contributed by atoms with Gasteiger partial charge < -0.3 is 10.1 Å². The van der Waals surface area contributed by atoms with Gasteiger partial charge in [-0.1, -0.05) is 18.9 Å².